The van der Waals surface area contributed by atoms with Gasteiger partial charge in [-0.1, -0.05) is 42.6 Å². The van der Waals surface area contributed by atoms with Gasteiger partial charge in [0, 0.05) is 29.2 Å². The van der Waals surface area contributed by atoms with Gasteiger partial charge in [0.15, 0.2) is 0 Å². The molecule has 0 spiro atoms. The van der Waals surface area contributed by atoms with Gasteiger partial charge in [0.05, 0.1) is 0 Å². The molecule has 0 bridgehead atoms. The normalized spacial score (nSPS) is 15.1. The van der Waals surface area contributed by atoms with Gasteiger partial charge >= 0.3 is 0 Å². The van der Waals surface area contributed by atoms with E-state index in [0.717, 1.165) is 30.9 Å². The van der Waals surface area contributed by atoms with Gasteiger partial charge in [-0.05, 0) is 56.3 Å². The molecule has 2 aromatic rings. The van der Waals surface area contributed by atoms with Gasteiger partial charge < -0.3 is 15.0 Å². The zero-order chi connectivity index (χ0) is 18.9. The van der Waals surface area contributed by atoms with Crippen LogP contribution in [0.1, 0.15) is 41.6 Å². The van der Waals surface area contributed by atoms with Crippen LogP contribution in [0, 0.1) is 0 Å². The Morgan fingerprint density at radius 2 is 1.70 bits per heavy atom. The molecular weight excluding hydrogens is 360 g/mol. The van der Waals surface area contributed by atoms with Gasteiger partial charge in [-0.2, -0.15) is 0 Å². The fourth-order valence-corrected chi connectivity index (χ4v) is 3.46. The molecular formula is C22H27ClN2O2. The summed E-state index contributed by atoms with van der Waals surface area (Å²) < 4.78 is 5.76. The molecule has 1 saturated heterocycles. The number of nitrogens with zero attached hydrogens (tertiary/aromatic N) is 1. The van der Waals surface area contributed by atoms with Crippen molar-refractivity contribution in [3.05, 3.63) is 64.7 Å². The molecule has 0 atom stereocenters. The molecule has 0 unspecified atom stereocenters. The summed E-state index contributed by atoms with van der Waals surface area (Å²) >= 11 is 6.13. The van der Waals surface area contributed by atoms with E-state index in [9.17, 15) is 4.79 Å². The molecule has 1 aliphatic heterocycles. The maximum atomic E-state index is 12.3. The average Bonchev–Trinajstić information content (AvgIpc) is 2.96. The first-order chi connectivity index (χ1) is 13.2. The van der Waals surface area contributed by atoms with E-state index in [1.165, 1.54) is 25.7 Å². The minimum absolute atomic E-state index is 0.0394. The van der Waals surface area contributed by atoms with Gasteiger partial charge in [0.2, 0.25) is 0 Å². The number of hydrogen-bond acceptors (Lipinski definition) is 3. The van der Waals surface area contributed by atoms with Crippen LogP contribution in [0.15, 0.2) is 48.5 Å². The predicted molar refractivity (Wildman–Crippen MR) is 109 cm³/mol. The molecule has 27 heavy (non-hydrogen) atoms. The summed E-state index contributed by atoms with van der Waals surface area (Å²) in [5.74, 6) is 0.679. The topological polar surface area (TPSA) is 41.6 Å². The lowest BCUT2D eigenvalue weighted by Crippen LogP contribution is -2.35. The van der Waals surface area contributed by atoms with Crippen molar-refractivity contribution in [2.45, 2.75) is 32.3 Å². The third-order valence-electron chi connectivity index (χ3n) is 4.88. The van der Waals surface area contributed by atoms with Crippen molar-refractivity contribution in [3.63, 3.8) is 0 Å². The second-order valence-electron chi connectivity index (χ2n) is 6.92. The van der Waals surface area contributed by atoms with Crippen LogP contribution in [-0.4, -0.2) is 37.0 Å². The number of halogens is 1. The minimum Gasteiger partial charge on any atom is -0.489 e. The number of carbonyl (C=O) groups excluding carboxylic acids is 1. The Labute approximate surface area is 166 Å². The van der Waals surface area contributed by atoms with Crippen molar-refractivity contribution in [1.29, 1.82) is 0 Å². The molecule has 1 amide bonds. The first-order valence-electron chi connectivity index (χ1n) is 9.69. The smallest absolute Gasteiger partial charge is 0.251 e. The number of benzene rings is 2. The van der Waals surface area contributed by atoms with E-state index in [1.807, 2.05) is 36.4 Å². The van der Waals surface area contributed by atoms with Crippen molar-refractivity contribution in [2.24, 2.45) is 0 Å². The molecule has 0 aromatic heterocycles. The Balaban J connectivity index is 1.43. The molecule has 0 aliphatic carbocycles. The third-order valence-corrected chi connectivity index (χ3v) is 5.25. The van der Waals surface area contributed by atoms with E-state index in [-0.39, 0.29) is 5.91 Å². The van der Waals surface area contributed by atoms with Gasteiger partial charge in [0.1, 0.15) is 12.4 Å². The lowest BCUT2D eigenvalue weighted by Gasteiger charge is -2.19. The number of carbonyl (C=O) groups is 1. The summed E-state index contributed by atoms with van der Waals surface area (Å²) in [4.78, 5) is 14.7. The monoisotopic (exact) mass is 386 g/mol. The highest BCUT2D eigenvalue weighted by Crippen LogP contribution is 2.19. The summed E-state index contributed by atoms with van der Waals surface area (Å²) in [6.45, 7) is 4.30. The summed E-state index contributed by atoms with van der Waals surface area (Å²) in [5, 5.41) is 3.71. The van der Waals surface area contributed by atoms with Gasteiger partial charge in [-0.3, -0.25) is 4.79 Å². The van der Waals surface area contributed by atoms with E-state index in [4.69, 9.17) is 16.3 Å². The van der Waals surface area contributed by atoms with E-state index in [2.05, 4.69) is 10.2 Å². The van der Waals surface area contributed by atoms with E-state index in [0.29, 0.717) is 23.7 Å². The molecule has 5 heteroatoms. The number of hydrogen-bond donors (Lipinski definition) is 1. The Morgan fingerprint density at radius 1 is 1.00 bits per heavy atom. The largest absolute Gasteiger partial charge is 0.489 e. The zero-order valence-corrected chi connectivity index (χ0v) is 16.4. The van der Waals surface area contributed by atoms with Crippen LogP contribution in [0.2, 0.25) is 5.02 Å². The molecule has 0 radical (unpaired) electrons. The fourth-order valence-electron chi connectivity index (χ4n) is 3.27. The molecule has 144 valence electrons. The highest BCUT2D eigenvalue weighted by atomic mass is 35.5. The Hall–Kier alpha value is -2.04. The standard InChI is InChI=1S/C22H27ClN2O2/c23-21-8-4-3-7-19(21)17-27-20-11-9-18(10-12-20)22(26)24-13-16-25-14-5-1-2-6-15-25/h3-4,7-12H,1-2,5-6,13-17H2,(H,24,26). The summed E-state index contributed by atoms with van der Waals surface area (Å²) in [5.41, 5.74) is 1.59. The molecule has 0 saturated carbocycles. The molecule has 1 N–H and O–H groups in total. The van der Waals surface area contributed by atoms with Crippen LogP contribution in [0.5, 0.6) is 5.75 Å². The fraction of sp³-hybridized carbons (Fsp3) is 0.409. The van der Waals surface area contributed by atoms with Gasteiger partial charge in [-0.15, -0.1) is 0 Å². The Bertz CT molecular complexity index is 725. The summed E-state index contributed by atoms with van der Waals surface area (Å²) in [6.07, 6.45) is 5.19. The molecule has 3 rings (SSSR count). The number of ether oxygens (including phenoxy) is 1. The van der Waals surface area contributed by atoms with E-state index < -0.39 is 0 Å². The molecule has 1 aliphatic rings. The molecule has 4 nitrogen and oxygen atoms in total. The van der Waals surface area contributed by atoms with Crippen LogP contribution in [-0.2, 0) is 6.61 Å². The predicted octanol–water partition coefficient (Wildman–Crippen LogP) is 4.52. The first-order valence-corrected chi connectivity index (χ1v) is 10.1. The van der Waals surface area contributed by atoms with Crippen LogP contribution in [0.3, 0.4) is 0 Å². The van der Waals surface area contributed by atoms with Crippen LogP contribution < -0.4 is 10.1 Å². The maximum absolute atomic E-state index is 12.3. The van der Waals surface area contributed by atoms with Crippen LogP contribution in [0.25, 0.3) is 0 Å². The first kappa shape index (κ1) is 19.7. The summed E-state index contributed by atoms with van der Waals surface area (Å²) in [6, 6.07) is 14.8. The third kappa shape index (κ3) is 6.26. The van der Waals surface area contributed by atoms with Crippen molar-refractivity contribution in [3.8, 4) is 5.75 Å². The number of nitrogens with one attached hydrogen (secondary N) is 1. The molecule has 2 aromatic carbocycles. The molecule has 1 heterocycles. The highest BCUT2D eigenvalue weighted by molar-refractivity contribution is 6.31. The average molecular weight is 387 g/mol. The van der Waals surface area contributed by atoms with E-state index >= 15 is 0 Å². The summed E-state index contributed by atoms with van der Waals surface area (Å²) in [7, 11) is 0. The minimum atomic E-state index is -0.0394. The Kier molecular flexibility index (Phi) is 7.55. The van der Waals surface area contributed by atoms with Crippen LogP contribution in [0.4, 0.5) is 0 Å². The Morgan fingerprint density at radius 3 is 2.41 bits per heavy atom. The quantitative estimate of drug-likeness (QED) is 0.760. The van der Waals surface area contributed by atoms with Crippen molar-refractivity contribution in [1.82, 2.24) is 10.2 Å². The lowest BCUT2D eigenvalue weighted by atomic mass is 10.2. The maximum Gasteiger partial charge on any atom is 0.251 e. The number of likely N-dealkylation sites (tertiary alicyclic amines) is 1. The molecule has 1 fully saturated rings. The number of rotatable bonds is 7. The van der Waals surface area contributed by atoms with E-state index in [1.54, 1.807) is 12.1 Å². The van der Waals surface area contributed by atoms with Crippen molar-refractivity contribution >= 4 is 17.5 Å². The van der Waals surface area contributed by atoms with Crippen molar-refractivity contribution < 1.29 is 9.53 Å². The van der Waals surface area contributed by atoms with Gasteiger partial charge in [0.25, 0.3) is 5.91 Å². The van der Waals surface area contributed by atoms with Crippen molar-refractivity contribution in [2.75, 3.05) is 26.2 Å². The van der Waals surface area contributed by atoms with Crippen LogP contribution >= 0.6 is 11.6 Å². The second kappa shape index (κ2) is 10.3. The SMILES string of the molecule is O=C(NCCN1CCCCCC1)c1ccc(OCc2ccccc2Cl)cc1. The second-order valence-corrected chi connectivity index (χ2v) is 7.32. The number of amides is 1. The zero-order valence-electron chi connectivity index (χ0n) is 15.6. The lowest BCUT2D eigenvalue weighted by molar-refractivity contribution is 0.0948. The highest BCUT2D eigenvalue weighted by Gasteiger charge is 2.10. The van der Waals surface area contributed by atoms with Gasteiger partial charge in [-0.25, -0.2) is 0 Å².